The number of rotatable bonds is 6. The van der Waals surface area contributed by atoms with Gasteiger partial charge in [0.1, 0.15) is 22.9 Å². The van der Waals surface area contributed by atoms with Gasteiger partial charge >= 0.3 is 0 Å². The quantitative estimate of drug-likeness (QED) is 0.737. The second kappa shape index (κ2) is 7.69. The summed E-state index contributed by atoms with van der Waals surface area (Å²) in [5, 5.41) is 6.88. The molecule has 1 aromatic heterocycles. The molecule has 0 aliphatic rings. The van der Waals surface area contributed by atoms with E-state index in [4.69, 9.17) is 9.47 Å². The Morgan fingerprint density at radius 3 is 2.69 bits per heavy atom. The summed E-state index contributed by atoms with van der Waals surface area (Å²) in [7, 11) is 3.19. The van der Waals surface area contributed by atoms with Crippen molar-refractivity contribution < 1.29 is 18.7 Å². The van der Waals surface area contributed by atoms with Crippen molar-refractivity contribution in [3.8, 4) is 17.4 Å². The number of hydrogen-bond donors (Lipinski definition) is 1. The molecule has 7 heteroatoms. The molecule has 0 spiro atoms. The number of aryl methyl sites for hydroxylation is 1. The molecule has 0 aliphatic heterocycles. The van der Waals surface area contributed by atoms with Crippen molar-refractivity contribution in [3.05, 3.63) is 71.7 Å². The minimum atomic E-state index is -0.320. The summed E-state index contributed by atoms with van der Waals surface area (Å²) in [6.45, 7) is 0.317. The summed E-state index contributed by atoms with van der Waals surface area (Å²) in [5.41, 5.74) is 1.23. The van der Waals surface area contributed by atoms with E-state index in [2.05, 4.69) is 10.4 Å². The van der Waals surface area contributed by atoms with E-state index in [9.17, 15) is 9.18 Å². The predicted molar refractivity (Wildman–Crippen MR) is 93.8 cm³/mol. The van der Waals surface area contributed by atoms with E-state index in [-0.39, 0.29) is 17.6 Å². The highest BCUT2D eigenvalue weighted by molar-refractivity contribution is 5.96. The van der Waals surface area contributed by atoms with Crippen molar-refractivity contribution in [1.82, 2.24) is 15.1 Å². The third-order valence-corrected chi connectivity index (χ3v) is 3.63. The molecule has 1 N–H and O–H groups in total. The third-order valence-electron chi connectivity index (χ3n) is 3.63. The topological polar surface area (TPSA) is 65.4 Å². The van der Waals surface area contributed by atoms with Gasteiger partial charge in [0, 0.05) is 19.8 Å². The third kappa shape index (κ3) is 4.18. The molecule has 0 radical (unpaired) electrons. The number of carbonyl (C=O) groups excluding carboxylic acids is 1. The fraction of sp³-hybridized carbons (Fsp3) is 0.158. The molecule has 0 unspecified atom stereocenters. The normalized spacial score (nSPS) is 10.4. The van der Waals surface area contributed by atoms with Gasteiger partial charge in [0.05, 0.1) is 7.11 Å². The minimum Gasteiger partial charge on any atom is -0.479 e. The number of hydrogen-bond acceptors (Lipinski definition) is 4. The van der Waals surface area contributed by atoms with E-state index >= 15 is 0 Å². The van der Waals surface area contributed by atoms with Crippen molar-refractivity contribution >= 4 is 5.91 Å². The Balaban J connectivity index is 1.65. The maximum Gasteiger partial charge on any atom is 0.258 e. The van der Waals surface area contributed by atoms with Crippen molar-refractivity contribution in [1.29, 1.82) is 0 Å². The average Bonchev–Trinajstić information content (AvgIpc) is 3.03. The largest absolute Gasteiger partial charge is 0.479 e. The lowest BCUT2D eigenvalue weighted by atomic mass is 10.2. The van der Waals surface area contributed by atoms with E-state index in [1.165, 1.54) is 23.9 Å². The number of carbonyl (C=O) groups is 1. The molecular formula is C19H18FN3O3. The zero-order valence-electron chi connectivity index (χ0n) is 14.4. The molecule has 26 heavy (non-hydrogen) atoms. The summed E-state index contributed by atoms with van der Waals surface area (Å²) in [6.07, 6.45) is 1.60. The number of ether oxygens (including phenoxy) is 2. The molecular weight excluding hydrogens is 337 g/mol. The number of methoxy groups -OCH3 is 1. The van der Waals surface area contributed by atoms with E-state index < -0.39 is 0 Å². The van der Waals surface area contributed by atoms with Crippen molar-refractivity contribution in [2.45, 2.75) is 6.54 Å². The molecule has 1 amide bonds. The highest BCUT2D eigenvalue weighted by Gasteiger charge is 2.16. The van der Waals surface area contributed by atoms with Gasteiger partial charge in [0.25, 0.3) is 5.91 Å². The van der Waals surface area contributed by atoms with Crippen LogP contribution in [0, 0.1) is 5.82 Å². The van der Waals surface area contributed by atoms with Gasteiger partial charge in [-0.1, -0.05) is 12.1 Å². The second-order valence-corrected chi connectivity index (χ2v) is 5.61. The van der Waals surface area contributed by atoms with Gasteiger partial charge < -0.3 is 14.8 Å². The van der Waals surface area contributed by atoms with Gasteiger partial charge in [-0.25, -0.2) is 4.39 Å². The number of aromatic nitrogens is 2. The number of amides is 1. The Hall–Kier alpha value is -3.35. The predicted octanol–water partition coefficient (Wildman–Crippen LogP) is 3.29. The van der Waals surface area contributed by atoms with Gasteiger partial charge in [-0.3, -0.25) is 9.48 Å². The molecule has 0 aliphatic carbocycles. The number of halogens is 1. The molecule has 6 nitrogen and oxygen atoms in total. The summed E-state index contributed by atoms with van der Waals surface area (Å²) < 4.78 is 25.3. The second-order valence-electron chi connectivity index (χ2n) is 5.61. The van der Waals surface area contributed by atoms with Crippen LogP contribution in [0.5, 0.6) is 17.4 Å². The van der Waals surface area contributed by atoms with Crippen LogP contribution in [0.2, 0.25) is 0 Å². The van der Waals surface area contributed by atoms with Crippen LogP contribution in [-0.2, 0) is 13.6 Å². The summed E-state index contributed by atoms with van der Waals surface area (Å²) in [4.78, 5) is 12.3. The summed E-state index contributed by atoms with van der Waals surface area (Å²) in [6, 6.07) is 13.1. The first kappa shape index (κ1) is 17.5. The SMILES string of the molecule is COc1nn(C)cc1C(=O)NCc1cccc(Oc2ccc(F)cc2)c1. The summed E-state index contributed by atoms with van der Waals surface area (Å²) in [5.74, 6) is 0.813. The van der Waals surface area contributed by atoms with Crippen LogP contribution in [0.1, 0.15) is 15.9 Å². The molecule has 3 aromatic rings. The van der Waals surface area contributed by atoms with Gasteiger partial charge in [-0.15, -0.1) is 5.10 Å². The molecule has 1 heterocycles. The lowest BCUT2D eigenvalue weighted by Gasteiger charge is -2.09. The Bertz CT molecular complexity index is 907. The first-order chi connectivity index (χ1) is 12.5. The molecule has 0 atom stereocenters. The molecule has 0 saturated heterocycles. The van der Waals surface area contributed by atoms with Gasteiger partial charge in [0.2, 0.25) is 5.88 Å². The first-order valence-corrected chi connectivity index (χ1v) is 7.93. The Labute approximate surface area is 150 Å². The molecule has 0 saturated carbocycles. The van der Waals surface area contributed by atoms with E-state index in [0.717, 1.165) is 5.56 Å². The van der Waals surface area contributed by atoms with Crippen LogP contribution in [0.4, 0.5) is 4.39 Å². The Morgan fingerprint density at radius 1 is 1.19 bits per heavy atom. The monoisotopic (exact) mass is 355 g/mol. The standard InChI is InChI=1S/C19H18FN3O3/c1-23-12-17(19(22-23)25-2)18(24)21-11-13-4-3-5-16(10-13)26-15-8-6-14(20)7-9-15/h3-10,12H,11H2,1-2H3,(H,21,24). The van der Waals surface area contributed by atoms with Crippen LogP contribution >= 0.6 is 0 Å². The number of benzene rings is 2. The van der Waals surface area contributed by atoms with E-state index in [1.54, 1.807) is 31.4 Å². The Kier molecular flexibility index (Phi) is 5.17. The van der Waals surface area contributed by atoms with Gasteiger partial charge in [-0.2, -0.15) is 0 Å². The molecule has 2 aromatic carbocycles. The molecule has 134 valence electrons. The minimum absolute atomic E-state index is 0.276. The smallest absolute Gasteiger partial charge is 0.258 e. The lowest BCUT2D eigenvalue weighted by molar-refractivity contribution is 0.0947. The molecule has 3 rings (SSSR count). The summed E-state index contributed by atoms with van der Waals surface area (Å²) >= 11 is 0. The van der Waals surface area contributed by atoms with Crippen molar-refractivity contribution in [3.63, 3.8) is 0 Å². The van der Waals surface area contributed by atoms with Crippen molar-refractivity contribution in [2.75, 3.05) is 7.11 Å². The number of nitrogens with one attached hydrogen (secondary N) is 1. The number of nitrogens with zero attached hydrogens (tertiary/aromatic N) is 2. The maximum absolute atomic E-state index is 13.0. The van der Waals surface area contributed by atoms with E-state index in [1.807, 2.05) is 18.2 Å². The van der Waals surface area contributed by atoms with Crippen LogP contribution in [-0.4, -0.2) is 22.8 Å². The fourth-order valence-electron chi connectivity index (χ4n) is 2.41. The molecule has 0 bridgehead atoms. The van der Waals surface area contributed by atoms with Crippen LogP contribution < -0.4 is 14.8 Å². The van der Waals surface area contributed by atoms with Crippen molar-refractivity contribution in [2.24, 2.45) is 7.05 Å². The van der Waals surface area contributed by atoms with Gasteiger partial charge in [0.15, 0.2) is 0 Å². The maximum atomic E-state index is 13.0. The lowest BCUT2D eigenvalue weighted by Crippen LogP contribution is -2.22. The average molecular weight is 355 g/mol. The van der Waals surface area contributed by atoms with Crippen LogP contribution in [0.3, 0.4) is 0 Å². The Morgan fingerprint density at radius 2 is 1.96 bits per heavy atom. The van der Waals surface area contributed by atoms with Crippen LogP contribution in [0.25, 0.3) is 0 Å². The van der Waals surface area contributed by atoms with Gasteiger partial charge in [-0.05, 0) is 42.0 Å². The fourth-order valence-corrected chi connectivity index (χ4v) is 2.41. The van der Waals surface area contributed by atoms with E-state index in [0.29, 0.717) is 23.6 Å². The highest BCUT2D eigenvalue weighted by atomic mass is 19.1. The molecule has 0 fully saturated rings. The van der Waals surface area contributed by atoms with Crippen LogP contribution in [0.15, 0.2) is 54.7 Å². The highest BCUT2D eigenvalue weighted by Crippen LogP contribution is 2.22. The zero-order valence-corrected chi connectivity index (χ0v) is 14.4. The zero-order chi connectivity index (χ0) is 18.5. The first-order valence-electron chi connectivity index (χ1n) is 7.93.